The average molecular weight is 407 g/mol. The van der Waals surface area contributed by atoms with E-state index in [-0.39, 0.29) is 0 Å². The van der Waals surface area contributed by atoms with Gasteiger partial charge < -0.3 is 9.47 Å². The minimum Gasteiger partial charge on any atom is -0.496 e. The molecule has 0 spiro atoms. The molecule has 0 radical (unpaired) electrons. The van der Waals surface area contributed by atoms with E-state index in [2.05, 4.69) is 10.4 Å². The second-order valence-corrected chi connectivity index (χ2v) is 8.07. The quantitative estimate of drug-likeness (QED) is 0.650. The number of hydrogen-bond donors (Lipinski definition) is 1. The van der Waals surface area contributed by atoms with Crippen molar-refractivity contribution in [1.82, 2.24) is 15.4 Å². The SMILES string of the molecule is COc1ccccc1C1=CN(c2nc3ccc(OC4CCCC4)nc3s2)NC=C1. The van der Waals surface area contributed by atoms with Crippen molar-refractivity contribution in [2.24, 2.45) is 0 Å². The molecule has 0 amide bonds. The number of hydrogen-bond acceptors (Lipinski definition) is 7. The molecule has 1 fully saturated rings. The van der Waals surface area contributed by atoms with E-state index in [1.54, 1.807) is 7.11 Å². The number of anilines is 1. The Kier molecular flexibility index (Phi) is 4.81. The average Bonchev–Trinajstić information content (AvgIpc) is 3.43. The molecular formula is C22H22N4O2S. The normalized spacial score (nSPS) is 16.7. The Morgan fingerprint density at radius 3 is 2.83 bits per heavy atom. The van der Waals surface area contributed by atoms with Gasteiger partial charge in [-0.25, -0.2) is 15.0 Å². The number of pyridine rings is 1. The van der Waals surface area contributed by atoms with Gasteiger partial charge in [-0.3, -0.25) is 5.43 Å². The Balaban J connectivity index is 1.42. The van der Waals surface area contributed by atoms with E-state index in [0.29, 0.717) is 12.0 Å². The van der Waals surface area contributed by atoms with Crippen LogP contribution in [0.15, 0.2) is 54.9 Å². The lowest BCUT2D eigenvalue weighted by Crippen LogP contribution is -2.30. The summed E-state index contributed by atoms with van der Waals surface area (Å²) >= 11 is 1.53. The van der Waals surface area contributed by atoms with Crippen LogP contribution >= 0.6 is 11.3 Å². The number of hydrazine groups is 1. The lowest BCUT2D eigenvalue weighted by molar-refractivity contribution is 0.202. The van der Waals surface area contributed by atoms with Gasteiger partial charge in [0.1, 0.15) is 22.2 Å². The van der Waals surface area contributed by atoms with E-state index in [4.69, 9.17) is 14.5 Å². The summed E-state index contributed by atoms with van der Waals surface area (Å²) in [5.74, 6) is 1.53. The number of fused-ring (bicyclic) bond motifs is 1. The van der Waals surface area contributed by atoms with Gasteiger partial charge in [-0.2, -0.15) is 0 Å². The van der Waals surface area contributed by atoms with Gasteiger partial charge in [0.15, 0.2) is 0 Å². The van der Waals surface area contributed by atoms with Crippen LogP contribution in [0, 0.1) is 0 Å². The molecule has 29 heavy (non-hydrogen) atoms. The Morgan fingerprint density at radius 1 is 1.10 bits per heavy atom. The largest absolute Gasteiger partial charge is 0.496 e. The summed E-state index contributed by atoms with van der Waals surface area (Å²) in [5, 5.41) is 2.73. The number of para-hydroxylation sites is 1. The first-order valence-electron chi connectivity index (χ1n) is 9.81. The van der Waals surface area contributed by atoms with Gasteiger partial charge in [-0.1, -0.05) is 29.5 Å². The van der Waals surface area contributed by atoms with Crippen molar-refractivity contribution in [1.29, 1.82) is 0 Å². The third-order valence-corrected chi connectivity index (χ3v) is 6.14. The standard InChI is InChI=1S/C22H22N4O2S/c1-27-19-9-5-4-8-17(19)15-12-13-23-26(14-15)22-24-18-10-11-20(25-21(18)29-22)28-16-6-2-3-7-16/h4-5,8-14,16,23H,2-3,6-7H2,1H3. The van der Waals surface area contributed by atoms with Crippen LogP contribution in [0.4, 0.5) is 5.13 Å². The van der Waals surface area contributed by atoms with E-state index in [9.17, 15) is 0 Å². The zero-order valence-electron chi connectivity index (χ0n) is 16.2. The summed E-state index contributed by atoms with van der Waals surface area (Å²) in [5.41, 5.74) is 6.17. The van der Waals surface area contributed by atoms with Crippen molar-refractivity contribution in [3.05, 3.63) is 60.4 Å². The summed E-state index contributed by atoms with van der Waals surface area (Å²) in [6.45, 7) is 0. The molecule has 1 aromatic carbocycles. The summed E-state index contributed by atoms with van der Waals surface area (Å²) in [7, 11) is 1.69. The fourth-order valence-electron chi connectivity index (χ4n) is 3.71. The van der Waals surface area contributed by atoms with Gasteiger partial charge in [-0.05, 0) is 43.9 Å². The zero-order valence-corrected chi connectivity index (χ0v) is 17.0. The van der Waals surface area contributed by atoms with Crippen molar-refractivity contribution in [3.63, 3.8) is 0 Å². The molecule has 3 heterocycles. The van der Waals surface area contributed by atoms with Gasteiger partial charge in [0.2, 0.25) is 11.0 Å². The number of rotatable bonds is 5. The van der Waals surface area contributed by atoms with Gasteiger partial charge in [-0.15, -0.1) is 0 Å². The lowest BCUT2D eigenvalue weighted by Gasteiger charge is -2.22. The van der Waals surface area contributed by atoms with Crippen molar-refractivity contribution in [2.75, 3.05) is 12.1 Å². The highest BCUT2D eigenvalue weighted by molar-refractivity contribution is 7.21. The molecule has 5 rings (SSSR count). The summed E-state index contributed by atoms with van der Waals surface area (Å²) in [6.07, 6.45) is 11.0. The van der Waals surface area contributed by atoms with Gasteiger partial charge in [0.25, 0.3) is 0 Å². The van der Waals surface area contributed by atoms with E-state index < -0.39 is 0 Å². The molecule has 2 aromatic heterocycles. The molecule has 7 heteroatoms. The lowest BCUT2D eigenvalue weighted by atomic mass is 10.1. The third kappa shape index (κ3) is 3.65. The number of methoxy groups -OCH3 is 1. The predicted octanol–water partition coefficient (Wildman–Crippen LogP) is 4.90. The van der Waals surface area contributed by atoms with Crippen LogP contribution in [0.25, 0.3) is 15.9 Å². The molecule has 0 atom stereocenters. The smallest absolute Gasteiger partial charge is 0.214 e. The minimum atomic E-state index is 0.299. The monoisotopic (exact) mass is 406 g/mol. The fourth-order valence-corrected chi connectivity index (χ4v) is 4.59. The summed E-state index contributed by atoms with van der Waals surface area (Å²) in [6, 6.07) is 11.9. The molecule has 3 aromatic rings. The predicted molar refractivity (Wildman–Crippen MR) is 116 cm³/mol. The number of aromatic nitrogens is 2. The fraction of sp³-hybridized carbons (Fsp3) is 0.273. The first-order valence-corrected chi connectivity index (χ1v) is 10.6. The number of thiazole rings is 1. The maximum atomic E-state index is 6.04. The van der Waals surface area contributed by atoms with Gasteiger partial charge in [0, 0.05) is 29.6 Å². The first kappa shape index (κ1) is 18.0. The van der Waals surface area contributed by atoms with Crippen LogP contribution < -0.4 is 19.9 Å². The van der Waals surface area contributed by atoms with E-state index in [1.165, 1.54) is 24.2 Å². The van der Waals surface area contributed by atoms with Crippen LogP contribution in [0.3, 0.4) is 0 Å². The van der Waals surface area contributed by atoms with Crippen LogP contribution in [0.2, 0.25) is 0 Å². The van der Waals surface area contributed by atoms with Gasteiger partial charge >= 0.3 is 0 Å². The minimum absolute atomic E-state index is 0.299. The van der Waals surface area contributed by atoms with Crippen molar-refractivity contribution in [3.8, 4) is 11.6 Å². The molecule has 148 valence electrons. The zero-order chi connectivity index (χ0) is 19.6. The highest BCUT2D eigenvalue weighted by atomic mass is 32.1. The van der Waals surface area contributed by atoms with Crippen molar-refractivity contribution < 1.29 is 9.47 Å². The van der Waals surface area contributed by atoms with Crippen molar-refractivity contribution in [2.45, 2.75) is 31.8 Å². The molecule has 1 saturated carbocycles. The highest BCUT2D eigenvalue weighted by Gasteiger charge is 2.19. The molecule has 0 bridgehead atoms. The number of nitrogens with zero attached hydrogens (tertiary/aromatic N) is 3. The number of allylic oxidation sites excluding steroid dienone is 2. The molecule has 1 N–H and O–H groups in total. The number of nitrogens with one attached hydrogen (secondary N) is 1. The Hall–Kier alpha value is -3.06. The molecular weight excluding hydrogens is 384 g/mol. The molecule has 6 nitrogen and oxygen atoms in total. The Labute approximate surface area is 173 Å². The highest BCUT2D eigenvalue weighted by Crippen LogP contribution is 2.33. The van der Waals surface area contributed by atoms with E-state index >= 15 is 0 Å². The van der Waals surface area contributed by atoms with Gasteiger partial charge in [0.05, 0.1) is 7.11 Å². The van der Waals surface area contributed by atoms with Crippen LogP contribution in [-0.4, -0.2) is 23.2 Å². The molecule has 1 aliphatic heterocycles. The summed E-state index contributed by atoms with van der Waals surface area (Å²) in [4.78, 5) is 10.3. The van der Waals surface area contributed by atoms with Crippen LogP contribution in [-0.2, 0) is 0 Å². The maximum Gasteiger partial charge on any atom is 0.214 e. The van der Waals surface area contributed by atoms with Crippen LogP contribution in [0.1, 0.15) is 31.2 Å². The second-order valence-electron chi connectivity index (χ2n) is 7.11. The Bertz CT molecular complexity index is 1090. The Morgan fingerprint density at radius 2 is 1.97 bits per heavy atom. The maximum absolute atomic E-state index is 6.04. The number of ether oxygens (including phenoxy) is 2. The molecule has 2 aliphatic rings. The number of benzene rings is 1. The third-order valence-electron chi connectivity index (χ3n) is 5.18. The first-order chi connectivity index (χ1) is 14.3. The molecule has 0 unspecified atom stereocenters. The van der Waals surface area contributed by atoms with E-state index in [0.717, 1.165) is 45.2 Å². The second kappa shape index (κ2) is 7.75. The molecule has 1 aliphatic carbocycles. The summed E-state index contributed by atoms with van der Waals surface area (Å²) < 4.78 is 11.5. The van der Waals surface area contributed by atoms with E-state index in [1.807, 2.05) is 59.9 Å². The topological polar surface area (TPSA) is 59.5 Å². The molecule has 0 saturated heterocycles. The van der Waals surface area contributed by atoms with Crippen LogP contribution in [0.5, 0.6) is 11.6 Å². The van der Waals surface area contributed by atoms with Crippen molar-refractivity contribution >= 4 is 32.4 Å².